The molecule has 0 rings (SSSR count). The van der Waals surface area contributed by atoms with Crippen molar-refractivity contribution >= 4 is 29.0 Å². The predicted molar refractivity (Wildman–Crippen MR) is 114 cm³/mol. The molecule has 0 fully saturated rings. The van der Waals surface area contributed by atoms with Gasteiger partial charge in [0.2, 0.25) is 0 Å². The lowest BCUT2D eigenvalue weighted by atomic mass is 10.0. The van der Waals surface area contributed by atoms with Crippen LogP contribution in [0.1, 0.15) is 129 Å². The lowest BCUT2D eigenvalue weighted by molar-refractivity contribution is -0.143. The molecule has 2 nitrogen and oxygen atoms in total. The van der Waals surface area contributed by atoms with E-state index in [1.54, 1.807) is 0 Å². The maximum atomic E-state index is 11.4. The summed E-state index contributed by atoms with van der Waals surface area (Å²) in [6, 6.07) is 0. The monoisotopic (exact) mass is 366 g/mol. The number of rotatable bonds is 19. The third-order valence-electron chi connectivity index (χ3n) is 4.75. The first-order chi connectivity index (χ1) is 11.8. The molecule has 0 aliphatic carbocycles. The van der Waals surface area contributed by atoms with Gasteiger partial charge in [-0.05, 0) is 12.8 Å². The molecule has 0 aromatic carbocycles. The van der Waals surface area contributed by atoms with Gasteiger partial charge in [0.15, 0.2) is 0 Å². The third kappa shape index (κ3) is 24.2. The Bertz CT molecular complexity index is 256. The van der Waals surface area contributed by atoms with E-state index in [9.17, 15) is 4.79 Å². The predicted octanol–water partition coefficient (Wildman–Crippen LogP) is 6.68. The van der Waals surface area contributed by atoms with E-state index in [1.807, 2.05) is 0 Å². The molecule has 0 aromatic rings. The highest BCUT2D eigenvalue weighted by molar-refractivity contribution is 5.75. The Hall–Kier alpha value is 0.236. The lowest BCUT2D eigenvalue weighted by Crippen LogP contribution is -2.05. The first kappa shape index (κ1) is 27.5. The van der Waals surface area contributed by atoms with E-state index in [2.05, 4.69) is 13.8 Å². The van der Waals surface area contributed by atoms with Crippen LogP contribution in [-0.4, -0.2) is 35.6 Å². The van der Waals surface area contributed by atoms with Gasteiger partial charge in [0.25, 0.3) is 0 Å². The standard InChI is InChI=1S/C22H44O2.Mg.2H/c1-3-5-7-8-9-10-11-12-13-14-15-16-17-18-19-20-22(23)24-21-6-4-2;;;/h3-21H2,1-2H3;;;. The minimum Gasteiger partial charge on any atom is -0.466 e. The minimum absolute atomic E-state index is 0. The van der Waals surface area contributed by atoms with E-state index in [1.165, 1.54) is 89.9 Å². The molecule has 3 heteroatoms. The van der Waals surface area contributed by atoms with Gasteiger partial charge in [0, 0.05) is 6.42 Å². The molecule has 148 valence electrons. The van der Waals surface area contributed by atoms with Gasteiger partial charge in [0.1, 0.15) is 0 Å². The van der Waals surface area contributed by atoms with Gasteiger partial charge in [-0.3, -0.25) is 4.79 Å². The summed E-state index contributed by atoms with van der Waals surface area (Å²) in [5.41, 5.74) is 0. The largest absolute Gasteiger partial charge is 0.466 e. The van der Waals surface area contributed by atoms with Crippen LogP contribution in [0, 0.1) is 0 Å². The van der Waals surface area contributed by atoms with Crippen molar-refractivity contribution in [3.8, 4) is 0 Å². The molecule has 0 spiro atoms. The Kier molecular flexibility index (Phi) is 26.6. The van der Waals surface area contributed by atoms with Crippen molar-refractivity contribution in [1.29, 1.82) is 0 Å². The first-order valence-corrected chi connectivity index (χ1v) is 11.0. The number of esters is 1. The lowest BCUT2D eigenvalue weighted by Gasteiger charge is -2.04. The van der Waals surface area contributed by atoms with Crippen molar-refractivity contribution in [2.24, 2.45) is 0 Å². The molecule has 25 heavy (non-hydrogen) atoms. The maximum Gasteiger partial charge on any atom is 0.316 e. The normalized spacial score (nSPS) is 10.5. The minimum atomic E-state index is -0.00172. The van der Waals surface area contributed by atoms with E-state index in [0.29, 0.717) is 13.0 Å². The van der Waals surface area contributed by atoms with Crippen LogP contribution in [0.15, 0.2) is 0 Å². The highest BCUT2D eigenvalue weighted by Crippen LogP contribution is 2.13. The average molecular weight is 367 g/mol. The summed E-state index contributed by atoms with van der Waals surface area (Å²) in [6.07, 6.45) is 23.1. The molecule has 0 aliphatic heterocycles. The number of unbranched alkanes of at least 4 members (excludes halogenated alkanes) is 15. The summed E-state index contributed by atoms with van der Waals surface area (Å²) < 4.78 is 5.16. The van der Waals surface area contributed by atoms with Gasteiger partial charge in [-0.1, -0.05) is 110 Å². The molecule has 0 unspecified atom stereocenters. The average Bonchev–Trinajstić information content (AvgIpc) is 2.58. The number of hydrogen-bond acceptors (Lipinski definition) is 2. The zero-order valence-corrected chi connectivity index (χ0v) is 16.8. The molecule has 0 N–H and O–H groups in total. The van der Waals surface area contributed by atoms with Gasteiger partial charge in [-0.15, -0.1) is 0 Å². The second kappa shape index (κ2) is 24.2. The van der Waals surface area contributed by atoms with Gasteiger partial charge in [0.05, 0.1) is 6.61 Å². The quantitative estimate of drug-likeness (QED) is 0.145. The molecule has 0 heterocycles. The van der Waals surface area contributed by atoms with Crippen molar-refractivity contribution in [3.05, 3.63) is 0 Å². The van der Waals surface area contributed by atoms with Crippen molar-refractivity contribution in [2.45, 2.75) is 129 Å². The molecular formula is C22H46MgO2. The summed E-state index contributed by atoms with van der Waals surface area (Å²) in [4.78, 5) is 11.4. The Morgan fingerprint density at radius 1 is 0.560 bits per heavy atom. The van der Waals surface area contributed by atoms with Crippen molar-refractivity contribution in [1.82, 2.24) is 0 Å². The zero-order valence-electron chi connectivity index (χ0n) is 16.8. The molecule has 0 aromatic heterocycles. The van der Waals surface area contributed by atoms with Crippen molar-refractivity contribution in [2.75, 3.05) is 6.61 Å². The van der Waals surface area contributed by atoms with Crippen LogP contribution in [0.5, 0.6) is 0 Å². The summed E-state index contributed by atoms with van der Waals surface area (Å²) in [5.74, 6) is -0.00172. The van der Waals surface area contributed by atoms with Gasteiger partial charge in [-0.2, -0.15) is 0 Å². The smallest absolute Gasteiger partial charge is 0.316 e. The van der Waals surface area contributed by atoms with E-state index >= 15 is 0 Å². The van der Waals surface area contributed by atoms with E-state index in [-0.39, 0.29) is 29.0 Å². The summed E-state index contributed by atoms with van der Waals surface area (Å²) >= 11 is 0. The molecule has 0 saturated heterocycles. The Morgan fingerprint density at radius 2 is 0.920 bits per heavy atom. The first-order valence-electron chi connectivity index (χ1n) is 11.0. The molecule has 0 atom stereocenters. The SMILES string of the molecule is CCCCCCCCCCCCCCCCCC(=O)OCCCC.[MgH2]. The van der Waals surface area contributed by atoms with Gasteiger partial charge >= 0.3 is 29.0 Å². The molecule has 0 bridgehead atoms. The molecule has 0 amide bonds. The maximum absolute atomic E-state index is 11.4. The van der Waals surface area contributed by atoms with Crippen molar-refractivity contribution in [3.63, 3.8) is 0 Å². The summed E-state index contributed by atoms with van der Waals surface area (Å²) in [7, 11) is 0. The highest BCUT2D eigenvalue weighted by atomic mass is 24.3. The fourth-order valence-corrected chi connectivity index (χ4v) is 3.04. The summed E-state index contributed by atoms with van der Waals surface area (Å²) in [6.45, 7) is 5.00. The van der Waals surface area contributed by atoms with Crippen LogP contribution in [0.25, 0.3) is 0 Å². The fraction of sp³-hybridized carbons (Fsp3) is 0.955. The summed E-state index contributed by atoms with van der Waals surface area (Å²) in [5, 5.41) is 0. The van der Waals surface area contributed by atoms with E-state index in [0.717, 1.165) is 19.3 Å². The number of carbonyl (C=O) groups is 1. The second-order valence-corrected chi connectivity index (χ2v) is 7.27. The van der Waals surface area contributed by atoms with E-state index in [4.69, 9.17) is 4.74 Å². The van der Waals surface area contributed by atoms with E-state index < -0.39 is 0 Å². The third-order valence-corrected chi connectivity index (χ3v) is 4.75. The van der Waals surface area contributed by atoms with Crippen LogP contribution < -0.4 is 0 Å². The topological polar surface area (TPSA) is 26.3 Å². The van der Waals surface area contributed by atoms with Crippen LogP contribution in [0.4, 0.5) is 0 Å². The number of carbonyl (C=O) groups excluding carboxylic acids is 1. The molecule has 0 saturated carbocycles. The van der Waals surface area contributed by atoms with Gasteiger partial charge < -0.3 is 4.74 Å². The highest BCUT2D eigenvalue weighted by Gasteiger charge is 2.01. The van der Waals surface area contributed by atoms with Crippen LogP contribution in [-0.2, 0) is 9.53 Å². The van der Waals surface area contributed by atoms with Crippen molar-refractivity contribution < 1.29 is 9.53 Å². The van der Waals surface area contributed by atoms with Crippen LogP contribution >= 0.6 is 0 Å². The molecule has 0 radical (unpaired) electrons. The molecule has 0 aliphatic rings. The van der Waals surface area contributed by atoms with Crippen LogP contribution in [0.2, 0.25) is 0 Å². The second-order valence-electron chi connectivity index (χ2n) is 7.27. The Morgan fingerprint density at radius 3 is 1.32 bits per heavy atom. The fourth-order valence-electron chi connectivity index (χ4n) is 3.04. The Balaban J connectivity index is 0. The van der Waals surface area contributed by atoms with Crippen LogP contribution in [0.3, 0.4) is 0 Å². The molecular weight excluding hydrogens is 321 g/mol. The number of ether oxygens (including phenoxy) is 1. The zero-order chi connectivity index (χ0) is 17.7. The van der Waals surface area contributed by atoms with Gasteiger partial charge in [-0.25, -0.2) is 0 Å². The Labute approximate surface area is 174 Å². The number of hydrogen-bond donors (Lipinski definition) is 0.